The van der Waals surface area contributed by atoms with Gasteiger partial charge >= 0.3 is 7.12 Å². The summed E-state index contributed by atoms with van der Waals surface area (Å²) in [6.07, 6.45) is 3.52. The largest absolute Gasteiger partial charge is 0.508 e. The average Bonchev–Trinajstić information content (AvgIpc) is 2.85. The smallest absolute Gasteiger partial charge is 0.422 e. The maximum atomic E-state index is 8.61. The molecule has 0 amide bonds. The van der Waals surface area contributed by atoms with Crippen LogP contribution in [0.5, 0.6) is 0 Å². The van der Waals surface area contributed by atoms with Gasteiger partial charge in [-0.3, -0.25) is 9.97 Å². The van der Waals surface area contributed by atoms with Crippen molar-refractivity contribution >= 4 is 55.2 Å². The molecule has 0 spiro atoms. The zero-order valence-electron chi connectivity index (χ0n) is 23.8. The van der Waals surface area contributed by atoms with Crippen molar-refractivity contribution in [2.75, 3.05) is 0 Å². The first-order valence-corrected chi connectivity index (χ1v) is 20.5. The molecule has 0 aliphatic rings. The van der Waals surface area contributed by atoms with Crippen molar-refractivity contribution in [3.05, 3.63) is 101 Å². The SMILES string of the molecule is C[Si](C)(C)c1cccc(Br)c1.Cc1ccc(-c2cccc([Si](C)(C)C)c2)nc1.Cc1ccc(B(O)O)nc1. The molecule has 2 aromatic heterocycles. The first-order chi connectivity index (χ1) is 17.7. The number of rotatable bonds is 4. The Kier molecular flexibility index (Phi) is 11.9. The predicted molar refractivity (Wildman–Crippen MR) is 173 cm³/mol. The third-order valence-electron chi connectivity index (χ3n) is 5.83. The van der Waals surface area contributed by atoms with E-state index in [0.717, 1.165) is 11.3 Å². The molecule has 4 nitrogen and oxygen atoms in total. The molecule has 0 fully saturated rings. The van der Waals surface area contributed by atoms with E-state index >= 15 is 0 Å². The fourth-order valence-corrected chi connectivity index (χ4v) is 6.35. The van der Waals surface area contributed by atoms with Crippen LogP contribution in [0.2, 0.25) is 39.3 Å². The van der Waals surface area contributed by atoms with E-state index in [2.05, 4.69) is 133 Å². The van der Waals surface area contributed by atoms with Gasteiger partial charge in [-0.15, -0.1) is 0 Å². The number of nitrogens with zero attached hydrogens (tertiary/aromatic N) is 2. The highest BCUT2D eigenvalue weighted by Gasteiger charge is 2.17. The molecule has 38 heavy (non-hydrogen) atoms. The fourth-order valence-electron chi connectivity index (χ4n) is 3.37. The van der Waals surface area contributed by atoms with Crippen LogP contribution in [0.3, 0.4) is 0 Å². The summed E-state index contributed by atoms with van der Waals surface area (Å²) in [5.41, 5.74) is 4.78. The molecule has 8 heteroatoms. The van der Waals surface area contributed by atoms with E-state index in [1.54, 1.807) is 18.3 Å². The van der Waals surface area contributed by atoms with E-state index in [0.29, 0.717) is 0 Å². The Labute approximate surface area is 239 Å². The van der Waals surface area contributed by atoms with Gasteiger partial charge in [0.15, 0.2) is 0 Å². The summed E-state index contributed by atoms with van der Waals surface area (Å²) in [6, 6.07) is 25.0. The molecular weight excluding hydrogens is 567 g/mol. The molecule has 4 rings (SSSR count). The van der Waals surface area contributed by atoms with E-state index in [4.69, 9.17) is 10.0 Å². The van der Waals surface area contributed by atoms with Crippen LogP contribution in [-0.4, -0.2) is 43.3 Å². The van der Waals surface area contributed by atoms with Gasteiger partial charge in [0, 0.05) is 16.9 Å². The topological polar surface area (TPSA) is 66.2 Å². The quantitative estimate of drug-likeness (QED) is 0.294. The average molecular weight is 608 g/mol. The highest BCUT2D eigenvalue weighted by Crippen LogP contribution is 2.17. The second kappa shape index (κ2) is 14.1. The van der Waals surface area contributed by atoms with Gasteiger partial charge in [0.2, 0.25) is 0 Å². The van der Waals surface area contributed by atoms with Crippen molar-refractivity contribution in [3.63, 3.8) is 0 Å². The molecule has 0 unspecified atom stereocenters. The normalized spacial score (nSPS) is 11.0. The second-order valence-corrected chi connectivity index (χ2v) is 22.5. The number of hydrogen-bond acceptors (Lipinski definition) is 4. The third kappa shape index (κ3) is 10.8. The van der Waals surface area contributed by atoms with E-state index in [9.17, 15) is 0 Å². The molecule has 2 heterocycles. The van der Waals surface area contributed by atoms with Crippen LogP contribution in [0.1, 0.15) is 11.1 Å². The first-order valence-electron chi connectivity index (χ1n) is 12.7. The summed E-state index contributed by atoms with van der Waals surface area (Å²) < 4.78 is 1.19. The van der Waals surface area contributed by atoms with Crippen molar-refractivity contribution in [2.24, 2.45) is 0 Å². The van der Waals surface area contributed by atoms with Gasteiger partial charge in [0.05, 0.1) is 27.4 Å². The number of benzene rings is 2. The molecule has 0 saturated heterocycles. The van der Waals surface area contributed by atoms with Gasteiger partial charge in [-0.25, -0.2) is 0 Å². The molecule has 4 aromatic rings. The van der Waals surface area contributed by atoms with Crippen LogP contribution in [0, 0.1) is 13.8 Å². The predicted octanol–water partition coefficient (Wildman–Crippen LogP) is 5.67. The molecule has 0 saturated carbocycles. The van der Waals surface area contributed by atoms with Gasteiger partial charge in [-0.2, -0.15) is 0 Å². The van der Waals surface area contributed by atoms with Crippen LogP contribution in [0.25, 0.3) is 11.3 Å². The summed E-state index contributed by atoms with van der Waals surface area (Å²) >= 11 is 3.48. The van der Waals surface area contributed by atoms with Gasteiger partial charge in [0.1, 0.15) is 0 Å². The van der Waals surface area contributed by atoms with Gasteiger partial charge < -0.3 is 10.0 Å². The molecule has 2 aromatic carbocycles. The van der Waals surface area contributed by atoms with Crippen molar-refractivity contribution in [3.8, 4) is 11.3 Å². The molecule has 0 atom stereocenters. The Morgan fingerprint density at radius 3 is 1.61 bits per heavy atom. The lowest BCUT2D eigenvalue weighted by Crippen LogP contribution is -2.37. The van der Waals surface area contributed by atoms with Crippen molar-refractivity contribution in [1.82, 2.24) is 9.97 Å². The zero-order chi connectivity index (χ0) is 28.5. The maximum Gasteiger partial charge on any atom is 0.508 e. The van der Waals surface area contributed by atoms with Crippen molar-refractivity contribution < 1.29 is 10.0 Å². The van der Waals surface area contributed by atoms with Gasteiger partial charge in [-0.1, -0.05) is 114 Å². The summed E-state index contributed by atoms with van der Waals surface area (Å²) in [7, 11) is -3.79. The third-order valence-corrected chi connectivity index (χ3v) is 10.4. The molecule has 2 N–H and O–H groups in total. The number of hydrogen-bond donors (Lipinski definition) is 2. The summed E-state index contributed by atoms with van der Waals surface area (Å²) in [6.45, 7) is 18.1. The van der Waals surface area contributed by atoms with Crippen LogP contribution in [-0.2, 0) is 0 Å². The number of halogens is 1. The Bertz CT molecular complexity index is 1290. The minimum atomic E-state index is -1.46. The Morgan fingerprint density at radius 2 is 1.18 bits per heavy atom. The van der Waals surface area contributed by atoms with E-state index in [1.807, 2.05) is 13.1 Å². The van der Waals surface area contributed by atoms with E-state index in [-0.39, 0.29) is 5.59 Å². The van der Waals surface area contributed by atoms with Crippen LogP contribution >= 0.6 is 15.9 Å². The first kappa shape index (κ1) is 31.9. The lowest BCUT2D eigenvalue weighted by Gasteiger charge is -2.17. The van der Waals surface area contributed by atoms with E-state index < -0.39 is 23.3 Å². The number of aromatic nitrogens is 2. The lowest BCUT2D eigenvalue weighted by molar-refractivity contribution is 0.424. The highest BCUT2D eigenvalue weighted by molar-refractivity contribution is 9.10. The van der Waals surface area contributed by atoms with Crippen LogP contribution in [0.15, 0.2) is 89.7 Å². The Balaban J connectivity index is 0.000000211. The second-order valence-electron chi connectivity index (χ2n) is 11.4. The van der Waals surface area contributed by atoms with Crippen LogP contribution < -0.4 is 16.0 Å². The van der Waals surface area contributed by atoms with Gasteiger partial charge in [-0.05, 0) is 54.8 Å². The Morgan fingerprint density at radius 1 is 0.658 bits per heavy atom. The maximum absolute atomic E-state index is 8.61. The Hall–Kier alpha value is -2.36. The zero-order valence-corrected chi connectivity index (χ0v) is 27.4. The van der Waals surface area contributed by atoms with Crippen LogP contribution in [0.4, 0.5) is 0 Å². The summed E-state index contributed by atoms with van der Waals surface area (Å²) in [5.74, 6) is 0. The summed E-state index contributed by atoms with van der Waals surface area (Å²) in [4.78, 5) is 8.26. The molecular formula is C30H40BBrN2O2Si2. The molecule has 200 valence electrons. The molecule has 0 bridgehead atoms. The lowest BCUT2D eigenvalue weighted by atomic mass is 9.85. The standard InChI is InChI=1S/C15H19NSi.C9H13BrSi.C6H8BNO2/c1-12-8-9-15(16-11-12)13-6-5-7-14(10-13)17(2,3)4;1-11(2,3)9-6-4-5-8(10)7-9;1-5-2-3-6(7(9)10)8-4-5/h5-11H,1-4H3;4-7H,1-3H3;2-4,9-10H,1H3. The minimum absolute atomic E-state index is 0.283. The minimum Gasteiger partial charge on any atom is -0.422 e. The highest BCUT2D eigenvalue weighted by atomic mass is 79.9. The monoisotopic (exact) mass is 606 g/mol. The molecule has 0 aliphatic heterocycles. The molecule has 0 radical (unpaired) electrons. The summed E-state index contributed by atoms with van der Waals surface area (Å²) in [5, 5.41) is 20.2. The number of aryl methyl sites for hydroxylation is 2. The fraction of sp³-hybridized carbons (Fsp3) is 0.267. The van der Waals surface area contributed by atoms with Crippen molar-refractivity contribution in [1.29, 1.82) is 0 Å². The van der Waals surface area contributed by atoms with Gasteiger partial charge in [0.25, 0.3) is 0 Å². The van der Waals surface area contributed by atoms with E-state index in [1.165, 1.54) is 26.0 Å². The molecule has 0 aliphatic carbocycles. The van der Waals surface area contributed by atoms with Crippen molar-refractivity contribution in [2.45, 2.75) is 53.1 Å². The number of pyridine rings is 2.